The molecule has 0 aromatic rings. The SMILES string of the molecule is CCC(C)(C)OC(=O)NC.CCC(C)(C)OC=O. The van der Waals surface area contributed by atoms with E-state index in [0.29, 0.717) is 6.47 Å². The van der Waals surface area contributed by atoms with Crippen molar-refractivity contribution in [1.82, 2.24) is 5.32 Å². The number of alkyl carbamates (subject to hydrolysis) is 1. The molecular weight excluding hydrogens is 234 g/mol. The molecule has 5 heteroatoms. The van der Waals surface area contributed by atoms with Crippen LogP contribution in [-0.2, 0) is 14.3 Å². The molecular formula is C13H27NO4. The van der Waals surface area contributed by atoms with Gasteiger partial charge in [0.25, 0.3) is 6.47 Å². The minimum atomic E-state index is -0.369. The molecule has 0 radical (unpaired) electrons. The van der Waals surface area contributed by atoms with Gasteiger partial charge in [0.2, 0.25) is 0 Å². The predicted octanol–water partition coefficient (Wildman–Crippen LogP) is 2.88. The van der Waals surface area contributed by atoms with Crippen molar-refractivity contribution in [2.75, 3.05) is 7.05 Å². The highest BCUT2D eigenvalue weighted by atomic mass is 16.6. The van der Waals surface area contributed by atoms with Crippen LogP contribution in [0, 0.1) is 0 Å². The lowest BCUT2D eigenvalue weighted by Crippen LogP contribution is -2.32. The molecule has 0 aliphatic heterocycles. The van der Waals surface area contributed by atoms with E-state index in [2.05, 4.69) is 5.32 Å². The Kier molecular flexibility index (Phi) is 9.31. The van der Waals surface area contributed by atoms with Gasteiger partial charge in [0.05, 0.1) is 0 Å². The van der Waals surface area contributed by atoms with Gasteiger partial charge in [-0.3, -0.25) is 4.79 Å². The summed E-state index contributed by atoms with van der Waals surface area (Å²) in [6.45, 7) is 11.9. The van der Waals surface area contributed by atoms with Crippen molar-refractivity contribution in [3.05, 3.63) is 0 Å². The maximum atomic E-state index is 10.7. The van der Waals surface area contributed by atoms with Crippen LogP contribution in [0.15, 0.2) is 0 Å². The molecule has 108 valence electrons. The summed E-state index contributed by atoms with van der Waals surface area (Å²) in [5.74, 6) is 0. The van der Waals surface area contributed by atoms with Crippen molar-refractivity contribution in [3.8, 4) is 0 Å². The van der Waals surface area contributed by atoms with Gasteiger partial charge in [-0.15, -0.1) is 0 Å². The lowest BCUT2D eigenvalue weighted by Gasteiger charge is -2.22. The molecule has 1 N–H and O–H groups in total. The quantitative estimate of drug-likeness (QED) is 0.773. The average Bonchev–Trinajstić information content (AvgIpc) is 2.29. The largest absolute Gasteiger partial charge is 0.462 e. The highest BCUT2D eigenvalue weighted by molar-refractivity contribution is 5.67. The van der Waals surface area contributed by atoms with Crippen molar-refractivity contribution in [2.24, 2.45) is 0 Å². The molecule has 0 unspecified atom stereocenters. The van der Waals surface area contributed by atoms with Crippen LogP contribution >= 0.6 is 0 Å². The Morgan fingerprint density at radius 2 is 1.56 bits per heavy atom. The smallest absolute Gasteiger partial charge is 0.407 e. The van der Waals surface area contributed by atoms with Gasteiger partial charge in [0.1, 0.15) is 11.2 Å². The first-order valence-electron chi connectivity index (χ1n) is 6.16. The zero-order chi connectivity index (χ0) is 14.8. The first-order valence-corrected chi connectivity index (χ1v) is 6.16. The van der Waals surface area contributed by atoms with E-state index < -0.39 is 0 Å². The minimum absolute atomic E-state index is 0.276. The third-order valence-corrected chi connectivity index (χ3v) is 2.64. The van der Waals surface area contributed by atoms with Gasteiger partial charge in [0.15, 0.2) is 0 Å². The molecule has 0 bridgehead atoms. The van der Waals surface area contributed by atoms with Crippen LogP contribution in [0.5, 0.6) is 0 Å². The molecule has 0 saturated heterocycles. The fourth-order valence-electron chi connectivity index (χ4n) is 0.588. The molecule has 0 aromatic carbocycles. The fourth-order valence-corrected chi connectivity index (χ4v) is 0.588. The standard InChI is InChI=1S/C7H15NO2.C6H12O2/c1-5-7(2,3)10-6(9)8-4;1-4-6(2,3)8-5-7/h5H2,1-4H3,(H,8,9);5H,4H2,1-3H3. The predicted molar refractivity (Wildman–Crippen MR) is 71.4 cm³/mol. The van der Waals surface area contributed by atoms with Gasteiger partial charge < -0.3 is 14.8 Å². The molecule has 0 heterocycles. The summed E-state index contributed by atoms with van der Waals surface area (Å²) in [5.41, 5.74) is -0.623. The van der Waals surface area contributed by atoms with Crippen molar-refractivity contribution in [1.29, 1.82) is 0 Å². The van der Waals surface area contributed by atoms with Gasteiger partial charge >= 0.3 is 6.09 Å². The third-order valence-electron chi connectivity index (χ3n) is 2.64. The van der Waals surface area contributed by atoms with E-state index in [9.17, 15) is 9.59 Å². The summed E-state index contributed by atoms with van der Waals surface area (Å²) in [4.78, 5) is 20.4. The van der Waals surface area contributed by atoms with E-state index in [-0.39, 0.29) is 17.3 Å². The molecule has 0 fully saturated rings. The second-order valence-corrected chi connectivity index (χ2v) is 5.08. The highest BCUT2D eigenvalue weighted by Crippen LogP contribution is 2.12. The molecule has 0 aliphatic carbocycles. The Balaban J connectivity index is 0. The van der Waals surface area contributed by atoms with Crippen LogP contribution in [0.2, 0.25) is 0 Å². The van der Waals surface area contributed by atoms with Crippen LogP contribution in [0.1, 0.15) is 54.4 Å². The van der Waals surface area contributed by atoms with E-state index in [1.807, 2.05) is 41.5 Å². The molecule has 0 saturated carbocycles. The number of ether oxygens (including phenoxy) is 2. The van der Waals surface area contributed by atoms with Gasteiger partial charge in [-0.05, 0) is 40.5 Å². The second-order valence-electron chi connectivity index (χ2n) is 5.08. The summed E-state index contributed by atoms with van der Waals surface area (Å²) >= 11 is 0. The lowest BCUT2D eigenvalue weighted by atomic mass is 10.1. The van der Waals surface area contributed by atoms with Crippen LogP contribution < -0.4 is 5.32 Å². The second kappa shape index (κ2) is 8.78. The Hall–Kier alpha value is -1.26. The number of hydrogen-bond acceptors (Lipinski definition) is 4. The van der Waals surface area contributed by atoms with E-state index in [4.69, 9.17) is 9.47 Å². The zero-order valence-corrected chi connectivity index (χ0v) is 12.6. The normalized spacial score (nSPS) is 10.8. The number of hydrogen-bond donors (Lipinski definition) is 1. The lowest BCUT2D eigenvalue weighted by molar-refractivity contribution is -0.140. The molecule has 0 aromatic heterocycles. The van der Waals surface area contributed by atoms with E-state index >= 15 is 0 Å². The van der Waals surface area contributed by atoms with Crippen molar-refractivity contribution in [3.63, 3.8) is 0 Å². The van der Waals surface area contributed by atoms with Crippen LogP contribution in [0.4, 0.5) is 4.79 Å². The van der Waals surface area contributed by atoms with Gasteiger partial charge in [-0.2, -0.15) is 0 Å². The van der Waals surface area contributed by atoms with Crippen LogP contribution in [-0.4, -0.2) is 30.8 Å². The first-order chi connectivity index (χ1) is 8.14. The zero-order valence-electron chi connectivity index (χ0n) is 12.6. The Labute approximate surface area is 110 Å². The maximum absolute atomic E-state index is 10.7. The van der Waals surface area contributed by atoms with E-state index in [1.165, 1.54) is 0 Å². The average molecular weight is 261 g/mol. The number of rotatable bonds is 5. The Bertz CT molecular complexity index is 249. The summed E-state index contributed by atoms with van der Waals surface area (Å²) in [5, 5.41) is 2.39. The monoisotopic (exact) mass is 261 g/mol. The molecule has 1 amide bonds. The van der Waals surface area contributed by atoms with E-state index in [1.54, 1.807) is 7.05 Å². The van der Waals surface area contributed by atoms with Gasteiger partial charge in [0, 0.05) is 7.05 Å². The number of amides is 1. The van der Waals surface area contributed by atoms with Crippen molar-refractivity contribution in [2.45, 2.75) is 65.6 Å². The Morgan fingerprint density at radius 1 is 1.11 bits per heavy atom. The first kappa shape index (κ1) is 19.1. The molecule has 18 heavy (non-hydrogen) atoms. The van der Waals surface area contributed by atoms with Crippen molar-refractivity contribution < 1.29 is 19.1 Å². The van der Waals surface area contributed by atoms with Gasteiger partial charge in [-0.25, -0.2) is 4.79 Å². The fraction of sp³-hybridized carbons (Fsp3) is 0.846. The van der Waals surface area contributed by atoms with Crippen LogP contribution in [0.3, 0.4) is 0 Å². The Morgan fingerprint density at radius 3 is 1.78 bits per heavy atom. The number of carbonyl (C=O) groups excluding carboxylic acids is 2. The molecule has 0 spiro atoms. The minimum Gasteiger partial charge on any atom is -0.462 e. The molecule has 0 atom stereocenters. The van der Waals surface area contributed by atoms with Gasteiger partial charge in [-0.1, -0.05) is 13.8 Å². The summed E-state index contributed by atoms with van der Waals surface area (Å²) in [6.07, 6.45) is 1.30. The summed E-state index contributed by atoms with van der Waals surface area (Å²) < 4.78 is 9.68. The summed E-state index contributed by atoms with van der Waals surface area (Å²) in [7, 11) is 1.55. The van der Waals surface area contributed by atoms with E-state index in [0.717, 1.165) is 12.8 Å². The topological polar surface area (TPSA) is 64.6 Å². The molecule has 5 nitrogen and oxygen atoms in total. The number of carbonyl (C=O) groups is 2. The molecule has 0 rings (SSSR count). The van der Waals surface area contributed by atoms with Crippen LogP contribution in [0.25, 0.3) is 0 Å². The summed E-state index contributed by atoms with van der Waals surface area (Å²) in [6, 6.07) is 0. The maximum Gasteiger partial charge on any atom is 0.407 e. The number of nitrogens with one attached hydrogen (secondary N) is 1. The van der Waals surface area contributed by atoms with Crippen molar-refractivity contribution >= 4 is 12.6 Å². The third kappa shape index (κ3) is 11.2. The highest BCUT2D eigenvalue weighted by Gasteiger charge is 2.18. The molecule has 0 aliphatic rings.